The summed E-state index contributed by atoms with van der Waals surface area (Å²) in [4.78, 5) is 1.43. The smallest absolute Gasteiger partial charge is 0.204 e. The fourth-order valence-corrected chi connectivity index (χ4v) is 4.35. The van der Waals surface area contributed by atoms with Crippen LogP contribution in [0.4, 0.5) is 0 Å². The van der Waals surface area contributed by atoms with Crippen LogP contribution in [0.2, 0.25) is 0 Å². The van der Waals surface area contributed by atoms with Gasteiger partial charge in [-0.25, -0.2) is 0 Å². The van der Waals surface area contributed by atoms with Crippen molar-refractivity contribution < 1.29 is 4.74 Å². The Morgan fingerprint density at radius 2 is 1.70 bits per heavy atom. The van der Waals surface area contributed by atoms with Crippen LogP contribution in [-0.4, -0.2) is 18.1 Å². The lowest BCUT2D eigenvalue weighted by atomic mass is 10.1. The highest BCUT2D eigenvalue weighted by Gasteiger charge is 2.25. The molecule has 0 aliphatic rings. The maximum atomic E-state index is 6.08. The number of ether oxygens (including phenoxy) is 1. The molecule has 20 heavy (non-hydrogen) atoms. The van der Waals surface area contributed by atoms with E-state index in [-0.39, 0.29) is 10.9 Å². The van der Waals surface area contributed by atoms with Gasteiger partial charge < -0.3 is 4.74 Å². The molecule has 0 fully saturated rings. The van der Waals surface area contributed by atoms with Crippen LogP contribution in [0.5, 0.6) is 5.75 Å². The van der Waals surface area contributed by atoms with Gasteiger partial charge in [-0.3, -0.25) is 0 Å². The Bertz CT molecular complexity index is 546. The third-order valence-electron chi connectivity index (χ3n) is 3.58. The molecule has 2 rings (SSSR count). The number of hydrogen-bond donors (Lipinski definition) is 0. The van der Waals surface area contributed by atoms with Crippen LogP contribution in [0.25, 0.3) is 10.8 Å². The maximum absolute atomic E-state index is 6.08. The van der Waals surface area contributed by atoms with Crippen LogP contribution in [-0.2, 0) is 10.9 Å². The van der Waals surface area contributed by atoms with E-state index in [0.717, 1.165) is 18.8 Å². The Hall–Kier alpha value is -1.15. The van der Waals surface area contributed by atoms with E-state index in [1.54, 1.807) is 0 Å². The zero-order valence-corrected chi connectivity index (χ0v) is 13.6. The van der Waals surface area contributed by atoms with Gasteiger partial charge in [0.1, 0.15) is 11.5 Å². The van der Waals surface area contributed by atoms with E-state index in [9.17, 15) is 0 Å². The molecule has 0 amide bonds. The number of unbranched alkanes of at least 4 members (excludes halogenated alkanes) is 1. The van der Waals surface area contributed by atoms with E-state index in [1.807, 2.05) is 0 Å². The Kier molecular flexibility index (Phi) is 5.78. The predicted molar refractivity (Wildman–Crippen MR) is 91.1 cm³/mol. The molecule has 2 aromatic rings. The lowest BCUT2D eigenvalue weighted by Crippen LogP contribution is -2.11. The second-order valence-electron chi connectivity index (χ2n) is 4.89. The highest BCUT2D eigenvalue weighted by atomic mass is 32.2. The van der Waals surface area contributed by atoms with E-state index < -0.39 is 0 Å². The molecule has 2 aromatic carbocycles. The molecule has 2 heteroatoms. The average Bonchev–Trinajstić information content (AvgIpc) is 2.50. The summed E-state index contributed by atoms with van der Waals surface area (Å²) in [7, 11) is 0.282. The van der Waals surface area contributed by atoms with E-state index in [1.165, 1.54) is 33.6 Å². The van der Waals surface area contributed by atoms with Gasteiger partial charge in [0.05, 0.1) is 6.61 Å². The molecular weight excluding hydrogens is 264 g/mol. The highest BCUT2D eigenvalue weighted by molar-refractivity contribution is 7.97. The zero-order valence-electron chi connectivity index (χ0n) is 12.8. The van der Waals surface area contributed by atoms with Gasteiger partial charge in [0.15, 0.2) is 5.75 Å². The number of fused-ring (bicyclic) bond motifs is 1. The second-order valence-corrected chi connectivity index (χ2v) is 7.43. The molecule has 0 heterocycles. The van der Waals surface area contributed by atoms with Crippen molar-refractivity contribution in [3.05, 3.63) is 36.4 Å². The van der Waals surface area contributed by atoms with Crippen LogP contribution in [0.15, 0.2) is 41.3 Å². The molecule has 108 valence electrons. The Labute approximate surface area is 125 Å². The monoisotopic (exact) mass is 289 g/mol. The normalized spacial score (nSPS) is 11.2. The van der Waals surface area contributed by atoms with Crippen LogP contribution in [0, 0.1) is 0 Å². The largest absolute Gasteiger partial charge is 0.488 e. The van der Waals surface area contributed by atoms with Crippen molar-refractivity contribution in [2.75, 3.05) is 18.1 Å². The van der Waals surface area contributed by atoms with Crippen LogP contribution in [0.3, 0.4) is 0 Å². The van der Waals surface area contributed by atoms with Gasteiger partial charge >= 0.3 is 0 Å². The van der Waals surface area contributed by atoms with Crippen LogP contribution in [0.1, 0.15) is 33.6 Å². The lowest BCUT2D eigenvalue weighted by Gasteiger charge is -2.13. The van der Waals surface area contributed by atoms with Crippen molar-refractivity contribution in [1.29, 1.82) is 0 Å². The van der Waals surface area contributed by atoms with Crippen molar-refractivity contribution in [1.82, 2.24) is 0 Å². The van der Waals surface area contributed by atoms with E-state index in [4.69, 9.17) is 4.74 Å². The van der Waals surface area contributed by atoms with Gasteiger partial charge in [-0.2, -0.15) is 0 Å². The molecule has 0 saturated heterocycles. The maximum Gasteiger partial charge on any atom is 0.204 e. The molecular formula is C18H25OS+. The number of rotatable bonds is 7. The van der Waals surface area contributed by atoms with Crippen molar-refractivity contribution in [2.45, 2.75) is 38.5 Å². The van der Waals surface area contributed by atoms with Crippen molar-refractivity contribution in [2.24, 2.45) is 0 Å². The second kappa shape index (κ2) is 7.58. The Morgan fingerprint density at radius 1 is 0.950 bits per heavy atom. The van der Waals surface area contributed by atoms with Gasteiger partial charge in [-0.15, -0.1) is 0 Å². The summed E-state index contributed by atoms with van der Waals surface area (Å²) in [5.41, 5.74) is 0. The molecule has 1 nitrogen and oxygen atoms in total. The number of hydrogen-bond acceptors (Lipinski definition) is 1. The molecule has 0 bridgehead atoms. The molecule has 0 radical (unpaired) electrons. The average molecular weight is 289 g/mol. The summed E-state index contributed by atoms with van der Waals surface area (Å²) in [6.45, 7) is 7.59. The fraction of sp³-hybridized carbons (Fsp3) is 0.444. The lowest BCUT2D eigenvalue weighted by molar-refractivity contribution is 0.303. The first kappa shape index (κ1) is 15.2. The third-order valence-corrected chi connectivity index (χ3v) is 5.98. The quantitative estimate of drug-likeness (QED) is 0.513. The molecule has 0 unspecified atom stereocenters. The molecule has 0 aliphatic carbocycles. The SMILES string of the molecule is CCCCOc1ccc2ccccc2c1[S+](CC)CC. The van der Waals surface area contributed by atoms with Crippen LogP contribution >= 0.6 is 0 Å². The molecule has 0 aliphatic heterocycles. The summed E-state index contributed by atoms with van der Waals surface area (Å²) in [5, 5.41) is 2.69. The standard InChI is InChI=1S/C18H25OS/c1-4-7-14-19-17-13-12-15-10-8-9-11-16(15)18(17)20(5-2)6-3/h8-13H,4-7,14H2,1-3H3/q+1. The van der Waals surface area contributed by atoms with Gasteiger partial charge in [0.2, 0.25) is 4.90 Å². The van der Waals surface area contributed by atoms with Gasteiger partial charge in [0.25, 0.3) is 0 Å². The minimum absolute atomic E-state index is 0.282. The molecule has 0 N–H and O–H groups in total. The fourth-order valence-electron chi connectivity index (χ4n) is 2.45. The van der Waals surface area contributed by atoms with Gasteiger partial charge in [-0.1, -0.05) is 37.6 Å². The van der Waals surface area contributed by atoms with Crippen molar-refractivity contribution >= 4 is 21.7 Å². The summed E-state index contributed by atoms with van der Waals surface area (Å²) < 4.78 is 6.08. The van der Waals surface area contributed by atoms with E-state index in [2.05, 4.69) is 57.2 Å². The van der Waals surface area contributed by atoms with Gasteiger partial charge in [0, 0.05) is 16.3 Å². The first-order valence-electron chi connectivity index (χ1n) is 7.63. The highest BCUT2D eigenvalue weighted by Crippen LogP contribution is 2.34. The Balaban J connectivity index is 2.46. The predicted octanol–water partition coefficient (Wildman–Crippen LogP) is 5.04. The first-order chi connectivity index (χ1) is 9.81. The van der Waals surface area contributed by atoms with Crippen molar-refractivity contribution in [3.63, 3.8) is 0 Å². The van der Waals surface area contributed by atoms with Crippen molar-refractivity contribution in [3.8, 4) is 5.75 Å². The molecule has 0 aromatic heterocycles. The third kappa shape index (κ3) is 3.29. The van der Waals surface area contributed by atoms with Gasteiger partial charge in [-0.05, 0) is 37.8 Å². The summed E-state index contributed by atoms with van der Waals surface area (Å²) >= 11 is 0. The van der Waals surface area contributed by atoms with E-state index >= 15 is 0 Å². The van der Waals surface area contributed by atoms with Crippen LogP contribution < -0.4 is 4.74 Å². The van der Waals surface area contributed by atoms with E-state index in [0.29, 0.717) is 0 Å². The Morgan fingerprint density at radius 3 is 2.40 bits per heavy atom. The minimum atomic E-state index is 0.282. The topological polar surface area (TPSA) is 9.23 Å². The molecule has 0 spiro atoms. The zero-order chi connectivity index (χ0) is 14.4. The summed E-state index contributed by atoms with van der Waals surface area (Å²) in [6.07, 6.45) is 2.30. The molecule has 0 saturated carbocycles. The first-order valence-corrected chi connectivity index (χ1v) is 9.20. The minimum Gasteiger partial charge on any atom is -0.488 e. The summed E-state index contributed by atoms with van der Waals surface area (Å²) in [6, 6.07) is 13.0. The molecule has 0 atom stereocenters. The number of benzene rings is 2. The summed E-state index contributed by atoms with van der Waals surface area (Å²) in [5.74, 6) is 3.48.